The summed E-state index contributed by atoms with van der Waals surface area (Å²) in [5, 5.41) is 0. The van der Waals surface area contributed by atoms with E-state index in [0.717, 1.165) is 5.56 Å². The second-order valence-corrected chi connectivity index (χ2v) is 5.78. The van der Waals surface area contributed by atoms with E-state index >= 15 is 0 Å². The first-order chi connectivity index (χ1) is 7.03. The molecule has 2 nitrogen and oxygen atoms in total. The number of aliphatic imine (C=N–C) groups is 1. The molecule has 0 saturated carbocycles. The van der Waals surface area contributed by atoms with Crippen LogP contribution in [0.15, 0.2) is 34.2 Å². The van der Waals surface area contributed by atoms with E-state index in [2.05, 4.69) is 31.8 Å². The molecule has 1 aromatic rings. The number of thioether (sulfide) groups is 1. The fourth-order valence-corrected chi connectivity index (χ4v) is 2.81. The molecule has 0 bridgehead atoms. The van der Waals surface area contributed by atoms with Gasteiger partial charge >= 0.3 is 0 Å². The smallest absolute Gasteiger partial charge is 0.128 e. The Balaban J connectivity index is 2.49. The van der Waals surface area contributed by atoms with Crippen molar-refractivity contribution in [2.75, 3.05) is 0 Å². The summed E-state index contributed by atoms with van der Waals surface area (Å²) in [4.78, 5) is 5.72. The van der Waals surface area contributed by atoms with Crippen molar-refractivity contribution >= 4 is 17.6 Å². The van der Waals surface area contributed by atoms with Crippen molar-refractivity contribution in [1.82, 2.24) is 0 Å². The molecule has 0 aliphatic carbocycles. The minimum absolute atomic E-state index is 0.127. The number of fused-ring (bicyclic) bond motifs is 1. The van der Waals surface area contributed by atoms with Crippen LogP contribution in [0, 0.1) is 5.92 Å². The fourth-order valence-electron chi connectivity index (χ4n) is 1.56. The molecule has 0 saturated heterocycles. The van der Waals surface area contributed by atoms with E-state index in [1.165, 1.54) is 4.90 Å². The normalized spacial score (nSPS) is 24.9. The summed E-state index contributed by atoms with van der Waals surface area (Å²) < 4.78 is 0. The standard InChI is InChI=1S/C12H16N2S/c1-8(2)12(3)14-11(13)9-6-4-5-7-10(9)15-12/h4-8H,1-3H3,(H2,13,14). The van der Waals surface area contributed by atoms with E-state index in [-0.39, 0.29) is 4.87 Å². The van der Waals surface area contributed by atoms with E-state index in [1.54, 1.807) is 11.8 Å². The first-order valence-corrected chi connectivity index (χ1v) is 5.98. The maximum Gasteiger partial charge on any atom is 0.128 e. The molecule has 0 spiro atoms. The fraction of sp³-hybridized carbons (Fsp3) is 0.417. The number of nitrogens with two attached hydrogens (primary N) is 1. The van der Waals surface area contributed by atoms with Crippen LogP contribution >= 0.6 is 11.8 Å². The third-order valence-electron chi connectivity index (χ3n) is 2.89. The zero-order chi connectivity index (χ0) is 11.1. The summed E-state index contributed by atoms with van der Waals surface area (Å²) in [6, 6.07) is 8.19. The summed E-state index contributed by atoms with van der Waals surface area (Å²) in [5.41, 5.74) is 7.07. The topological polar surface area (TPSA) is 38.4 Å². The van der Waals surface area contributed by atoms with Crippen molar-refractivity contribution in [2.24, 2.45) is 16.6 Å². The van der Waals surface area contributed by atoms with Gasteiger partial charge in [0.2, 0.25) is 0 Å². The van der Waals surface area contributed by atoms with Crippen molar-refractivity contribution in [3.63, 3.8) is 0 Å². The second kappa shape index (κ2) is 3.56. The lowest BCUT2D eigenvalue weighted by molar-refractivity contribution is 0.483. The van der Waals surface area contributed by atoms with Crippen molar-refractivity contribution in [3.8, 4) is 0 Å². The quantitative estimate of drug-likeness (QED) is 0.790. The summed E-state index contributed by atoms with van der Waals surface area (Å²) in [7, 11) is 0. The molecule has 1 aliphatic heterocycles. The molecular formula is C12H16N2S. The van der Waals surface area contributed by atoms with Crippen molar-refractivity contribution in [3.05, 3.63) is 29.8 Å². The minimum atomic E-state index is -0.127. The van der Waals surface area contributed by atoms with Gasteiger partial charge in [-0.2, -0.15) is 0 Å². The number of hydrogen-bond acceptors (Lipinski definition) is 3. The molecule has 1 unspecified atom stereocenters. The average molecular weight is 220 g/mol. The van der Waals surface area contributed by atoms with Crippen LogP contribution in [0.1, 0.15) is 26.3 Å². The van der Waals surface area contributed by atoms with Gasteiger partial charge in [0.05, 0.1) is 0 Å². The van der Waals surface area contributed by atoms with Gasteiger partial charge in [0.25, 0.3) is 0 Å². The SMILES string of the molecule is CC(C)C1(C)N=C(N)c2ccccc2S1. The number of nitrogens with zero attached hydrogens (tertiary/aromatic N) is 1. The highest BCUT2D eigenvalue weighted by Crippen LogP contribution is 2.43. The van der Waals surface area contributed by atoms with Gasteiger partial charge in [-0.1, -0.05) is 43.8 Å². The van der Waals surface area contributed by atoms with Crippen LogP contribution in [0.3, 0.4) is 0 Å². The van der Waals surface area contributed by atoms with Gasteiger partial charge in [-0.25, -0.2) is 0 Å². The van der Waals surface area contributed by atoms with E-state index in [4.69, 9.17) is 5.73 Å². The molecule has 1 aliphatic rings. The number of hydrogen-bond donors (Lipinski definition) is 1. The van der Waals surface area contributed by atoms with Gasteiger partial charge < -0.3 is 5.73 Å². The largest absolute Gasteiger partial charge is 0.383 e. The summed E-state index contributed by atoms with van der Waals surface area (Å²) >= 11 is 1.80. The lowest BCUT2D eigenvalue weighted by atomic mass is 10.1. The Morgan fingerprint density at radius 1 is 1.33 bits per heavy atom. The lowest BCUT2D eigenvalue weighted by Gasteiger charge is -2.33. The zero-order valence-corrected chi connectivity index (χ0v) is 10.1. The molecule has 0 radical (unpaired) electrons. The average Bonchev–Trinajstić information content (AvgIpc) is 2.17. The van der Waals surface area contributed by atoms with Gasteiger partial charge in [0, 0.05) is 10.5 Å². The third-order valence-corrected chi connectivity index (χ3v) is 4.45. The highest BCUT2D eigenvalue weighted by Gasteiger charge is 2.33. The maximum atomic E-state index is 6.00. The summed E-state index contributed by atoms with van der Waals surface area (Å²) in [6.45, 7) is 6.50. The van der Waals surface area contributed by atoms with Gasteiger partial charge in [-0.3, -0.25) is 4.99 Å². The Morgan fingerprint density at radius 3 is 2.67 bits per heavy atom. The molecule has 1 atom stereocenters. The number of benzene rings is 1. The predicted molar refractivity (Wildman–Crippen MR) is 66.3 cm³/mol. The van der Waals surface area contributed by atoms with Crippen LogP contribution in [-0.2, 0) is 0 Å². The van der Waals surface area contributed by atoms with Gasteiger partial charge in [-0.15, -0.1) is 0 Å². The molecule has 1 heterocycles. The zero-order valence-electron chi connectivity index (χ0n) is 9.32. The van der Waals surface area contributed by atoms with Gasteiger partial charge in [0.15, 0.2) is 0 Å². The highest BCUT2D eigenvalue weighted by molar-refractivity contribution is 8.00. The Morgan fingerprint density at radius 2 is 2.00 bits per heavy atom. The van der Waals surface area contributed by atoms with Crippen molar-refractivity contribution in [1.29, 1.82) is 0 Å². The molecular weight excluding hydrogens is 204 g/mol. The van der Waals surface area contributed by atoms with Gasteiger partial charge in [-0.05, 0) is 18.9 Å². The second-order valence-electron chi connectivity index (χ2n) is 4.30. The number of rotatable bonds is 1. The Kier molecular flexibility index (Phi) is 2.51. The predicted octanol–water partition coefficient (Wildman–Crippen LogP) is 2.87. The first-order valence-electron chi connectivity index (χ1n) is 5.16. The van der Waals surface area contributed by atoms with E-state index in [1.807, 2.05) is 18.2 Å². The monoisotopic (exact) mass is 220 g/mol. The van der Waals surface area contributed by atoms with Crippen LogP contribution in [-0.4, -0.2) is 10.7 Å². The lowest BCUT2D eigenvalue weighted by Crippen LogP contribution is -2.33. The van der Waals surface area contributed by atoms with Crippen LogP contribution in [0.5, 0.6) is 0 Å². The Labute approximate surface area is 95.0 Å². The van der Waals surface area contributed by atoms with Crippen molar-refractivity contribution in [2.45, 2.75) is 30.5 Å². The van der Waals surface area contributed by atoms with E-state index < -0.39 is 0 Å². The Hall–Kier alpha value is -0.960. The van der Waals surface area contributed by atoms with Crippen LogP contribution < -0.4 is 5.73 Å². The molecule has 2 N–H and O–H groups in total. The van der Waals surface area contributed by atoms with Crippen molar-refractivity contribution < 1.29 is 0 Å². The van der Waals surface area contributed by atoms with Crippen LogP contribution in [0.4, 0.5) is 0 Å². The maximum absolute atomic E-state index is 6.00. The molecule has 0 amide bonds. The molecule has 0 aromatic heterocycles. The third kappa shape index (κ3) is 1.76. The highest BCUT2D eigenvalue weighted by atomic mass is 32.2. The van der Waals surface area contributed by atoms with E-state index in [0.29, 0.717) is 11.8 Å². The summed E-state index contributed by atoms with van der Waals surface area (Å²) in [5.74, 6) is 1.13. The van der Waals surface area contributed by atoms with E-state index in [9.17, 15) is 0 Å². The summed E-state index contributed by atoms with van der Waals surface area (Å²) in [6.07, 6.45) is 0. The molecule has 1 aromatic carbocycles. The molecule has 80 valence electrons. The molecule has 2 rings (SSSR count). The van der Waals surface area contributed by atoms with Gasteiger partial charge in [0.1, 0.15) is 10.7 Å². The first kappa shape index (κ1) is 10.6. The molecule has 3 heteroatoms. The number of amidine groups is 1. The minimum Gasteiger partial charge on any atom is -0.383 e. The van der Waals surface area contributed by atoms with Crippen LogP contribution in [0.2, 0.25) is 0 Å². The van der Waals surface area contributed by atoms with Crippen LogP contribution in [0.25, 0.3) is 0 Å². The Bertz CT molecular complexity index is 412. The molecule has 0 fully saturated rings. The molecule has 15 heavy (non-hydrogen) atoms.